The van der Waals surface area contributed by atoms with Crippen molar-refractivity contribution in [2.45, 2.75) is 26.2 Å². The lowest BCUT2D eigenvalue weighted by molar-refractivity contribution is -0.142. The highest BCUT2D eigenvalue weighted by Gasteiger charge is 2.38. The molecule has 24 heavy (non-hydrogen) atoms. The van der Waals surface area contributed by atoms with Gasteiger partial charge in [-0.25, -0.2) is 0 Å². The van der Waals surface area contributed by atoms with Gasteiger partial charge in [-0.1, -0.05) is 25.5 Å². The van der Waals surface area contributed by atoms with E-state index in [1.54, 1.807) is 4.90 Å². The number of carbonyl (C=O) groups excluding carboxylic acids is 2. The topological polar surface area (TPSA) is 86.7 Å². The average molecular weight is 397 g/mol. The van der Waals surface area contributed by atoms with Crippen molar-refractivity contribution in [1.29, 1.82) is 0 Å². The predicted octanol–water partition coefficient (Wildman–Crippen LogP) is 2.42. The second-order valence-corrected chi connectivity index (χ2v) is 6.71. The summed E-state index contributed by atoms with van der Waals surface area (Å²) < 4.78 is 0.799. The number of rotatable bonds is 7. The molecule has 0 radical (unpaired) electrons. The van der Waals surface area contributed by atoms with Crippen molar-refractivity contribution in [2.75, 3.05) is 18.0 Å². The van der Waals surface area contributed by atoms with E-state index in [4.69, 9.17) is 5.11 Å². The van der Waals surface area contributed by atoms with E-state index in [2.05, 4.69) is 21.2 Å². The Morgan fingerprint density at radius 2 is 2.12 bits per heavy atom. The summed E-state index contributed by atoms with van der Waals surface area (Å²) in [5.41, 5.74) is 0.743. The van der Waals surface area contributed by atoms with Crippen LogP contribution in [0.2, 0.25) is 0 Å². The van der Waals surface area contributed by atoms with Gasteiger partial charge in [-0.3, -0.25) is 14.4 Å². The van der Waals surface area contributed by atoms with Gasteiger partial charge in [0.1, 0.15) is 5.92 Å². The molecule has 0 saturated carbocycles. The molecule has 7 heteroatoms. The molecule has 0 aromatic heterocycles. The van der Waals surface area contributed by atoms with Crippen LogP contribution in [-0.2, 0) is 14.4 Å². The zero-order valence-electron chi connectivity index (χ0n) is 13.5. The Labute approximate surface area is 149 Å². The summed E-state index contributed by atoms with van der Waals surface area (Å²) in [6.07, 6.45) is 1.65. The van der Waals surface area contributed by atoms with Gasteiger partial charge >= 0.3 is 5.97 Å². The molecule has 1 aliphatic rings. The highest BCUT2D eigenvalue weighted by atomic mass is 79.9. The van der Waals surface area contributed by atoms with Crippen LogP contribution in [0.25, 0.3) is 0 Å². The molecular weight excluding hydrogens is 376 g/mol. The van der Waals surface area contributed by atoms with Crippen molar-refractivity contribution in [2.24, 2.45) is 11.8 Å². The zero-order chi connectivity index (χ0) is 17.7. The fraction of sp³-hybridized carbons (Fsp3) is 0.471. The molecule has 2 N–H and O–H groups in total. The van der Waals surface area contributed by atoms with Crippen molar-refractivity contribution < 1.29 is 19.5 Å². The molecule has 1 aromatic rings. The van der Waals surface area contributed by atoms with Crippen molar-refractivity contribution in [3.63, 3.8) is 0 Å². The van der Waals surface area contributed by atoms with E-state index in [9.17, 15) is 14.4 Å². The molecule has 130 valence electrons. The third-order valence-electron chi connectivity index (χ3n) is 4.17. The monoisotopic (exact) mass is 396 g/mol. The predicted molar refractivity (Wildman–Crippen MR) is 93.6 cm³/mol. The van der Waals surface area contributed by atoms with E-state index in [0.29, 0.717) is 19.4 Å². The van der Waals surface area contributed by atoms with Crippen LogP contribution in [-0.4, -0.2) is 36.0 Å². The van der Waals surface area contributed by atoms with Crippen molar-refractivity contribution in [1.82, 2.24) is 5.32 Å². The summed E-state index contributed by atoms with van der Waals surface area (Å²) in [5.74, 6) is -2.94. The molecule has 2 unspecified atom stereocenters. The van der Waals surface area contributed by atoms with Gasteiger partial charge in [-0.05, 0) is 40.9 Å². The minimum Gasteiger partial charge on any atom is -0.481 e. The number of nitrogens with zero attached hydrogens (tertiary/aromatic N) is 1. The van der Waals surface area contributed by atoms with Gasteiger partial charge in [0.05, 0.1) is 11.6 Å². The Kier molecular flexibility index (Phi) is 6.36. The third-order valence-corrected chi connectivity index (χ3v) is 4.84. The van der Waals surface area contributed by atoms with Crippen LogP contribution in [0.5, 0.6) is 0 Å². The molecule has 6 nitrogen and oxygen atoms in total. The number of carboxylic acids is 1. The fourth-order valence-electron chi connectivity index (χ4n) is 2.84. The first-order chi connectivity index (χ1) is 11.5. The SMILES string of the molecule is CCCC(CNC(=O)C1CCN(c2ccccc2Br)C1=O)C(=O)O. The summed E-state index contributed by atoms with van der Waals surface area (Å²) >= 11 is 3.41. The maximum Gasteiger partial charge on any atom is 0.308 e. The number of halogens is 1. The Morgan fingerprint density at radius 1 is 1.42 bits per heavy atom. The molecule has 1 aliphatic heterocycles. The molecule has 0 spiro atoms. The molecule has 0 aliphatic carbocycles. The van der Waals surface area contributed by atoms with Gasteiger partial charge < -0.3 is 15.3 Å². The van der Waals surface area contributed by atoms with Gasteiger partial charge in [0.15, 0.2) is 0 Å². The number of benzene rings is 1. The second-order valence-electron chi connectivity index (χ2n) is 5.85. The highest BCUT2D eigenvalue weighted by molar-refractivity contribution is 9.10. The minimum absolute atomic E-state index is 0.0564. The van der Waals surface area contributed by atoms with Crippen molar-refractivity contribution in [3.05, 3.63) is 28.7 Å². The summed E-state index contributed by atoms with van der Waals surface area (Å²) in [5, 5.41) is 11.8. The molecule has 2 amide bonds. The maximum atomic E-state index is 12.5. The molecule has 1 saturated heterocycles. The van der Waals surface area contributed by atoms with E-state index in [1.807, 2.05) is 31.2 Å². The van der Waals surface area contributed by atoms with Crippen molar-refractivity contribution in [3.8, 4) is 0 Å². The normalized spacial score (nSPS) is 18.5. The van der Waals surface area contributed by atoms with Crippen LogP contribution in [0.15, 0.2) is 28.7 Å². The maximum absolute atomic E-state index is 12.5. The van der Waals surface area contributed by atoms with E-state index >= 15 is 0 Å². The summed E-state index contributed by atoms with van der Waals surface area (Å²) in [4.78, 5) is 37.5. The molecule has 0 bridgehead atoms. The number of carbonyl (C=O) groups is 3. The van der Waals surface area contributed by atoms with Crippen molar-refractivity contribution >= 4 is 39.4 Å². The van der Waals surface area contributed by atoms with E-state index in [0.717, 1.165) is 16.6 Å². The minimum atomic E-state index is -0.926. The molecule has 2 atom stereocenters. The Balaban J connectivity index is 1.98. The Hall–Kier alpha value is -1.89. The molecule has 1 fully saturated rings. The van der Waals surface area contributed by atoms with Gasteiger partial charge in [-0.15, -0.1) is 0 Å². The van der Waals surface area contributed by atoms with E-state index < -0.39 is 23.7 Å². The number of hydrogen-bond acceptors (Lipinski definition) is 3. The van der Waals surface area contributed by atoms with Gasteiger partial charge in [0.2, 0.25) is 11.8 Å². The van der Waals surface area contributed by atoms with E-state index in [1.165, 1.54) is 0 Å². The molecule has 1 heterocycles. The third kappa shape index (κ3) is 4.14. The summed E-state index contributed by atoms with van der Waals surface area (Å²) in [6, 6.07) is 7.36. The number of hydrogen-bond donors (Lipinski definition) is 2. The second kappa shape index (κ2) is 8.28. The molecule has 2 rings (SSSR count). The lowest BCUT2D eigenvalue weighted by Crippen LogP contribution is -2.40. The molecular formula is C17H21BrN2O4. The van der Waals surface area contributed by atoms with Gasteiger partial charge in [-0.2, -0.15) is 0 Å². The quantitative estimate of drug-likeness (QED) is 0.692. The van der Waals surface area contributed by atoms with Gasteiger partial charge in [0.25, 0.3) is 0 Å². The highest BCUT2D eigenvalue weighted by Crippen LogP contribution is 2.31. The van der Waals surface area contributed by atoms with Crippen LogP contribution in [0.3, 0.4) is 0 Å². The fourth-order valence-corrected chi connectivity index (χ4v) is 3.34. The largest absolute Gasteiger partial charge is 0.481 e. The number of para-hydroxylation sites is 1. The number of amides is 2. The van der Waals surface area contributed by atoms with Crippen LogP contribution in [0.1, 0.15) is 26.2 Å². The number of aliphatic carboxylic acids is 1. The number of carboxylic acid groups (broad SMARTS) is 1. The number of anilines is 1. The molecule has 1 aromatic carbocycles. The first kappa shape index (κ1) is 18.4. The first-order valence-electron chi connectivity index (χ1n) is 8.02. The first-order valence-corrected chi connectivity index (χ1v) is 8.81. The number of nitrogens with one attached hydrogen (secondary N) is 1. The van der Waals surface area contributed by atoms with E-state index in [-0.39, 0.29) is 12.5 Å². The Morgan fingerprint density at radius 3 is 2.75 bits per heavy atom. The summed E-state index contributed by atoms with van der Waals surface area (Å²) in [7, 11) is 0. The van der Waals surface area contributed by atoms with Crippen LogP contribution in [0.4, 0.5) is 5.69 Å². The van der Waals surface area contributed by atoms with Gasteiger partial charge in [0, 0.05) is 17.6 Å². The van der Waals surface area contributed by atoms with Crippen LogP contribution < -0.4 is 10.2 Å². The smallest absolute Gasteiger partial charge is 0.308 e. The lowest BCUT2D eigenvalue weighted by Gasteiger charge is -2.18. The van der Waals surface area contributed by atoms with Crippen LogP contribution in [0, 0.1) is 11.8 Å². The summed E-state index contributed by atoms with van der Waals surface area (Å²) in [6.45, 7) is 2.42. The standard InChI is InChI=1S/C17H21BrN2O4/c1-2-5-11(17(23)24)10-19-15(21)12-8-9-20(16(12)22)14-7-4-3-6-13(14)18/h3-4,6-7,11-12H,2,5,8-10H2,1H3,(H,19,21)(H,23,24). The average Bonchev–Trinajstić information content (AvgIpc) is 2.93. The zero-order valence-corrected chi connectivity index (χ0v) is 15.1. The Bertz CT molecular complexity index is 635. The lowest BCUT2D eigenvalue weighted by atomic mass is 10.0. The van der Waals surface area contributed by atoms with Crippen LogP contribution >= 0.6 is 15.9 Å².